The van der Waals surface area contributed by atoms with Crippen LogP contribution in [0.3, 0.4) is 0 Å². The predicted octanol–water partition coefficient (Wildman–Crippen LogP) is 3.42. The van der Waals surface area contributed by atoms with E-state index >= 15 is 0 Å². The number of ether oxygens (including phenoxy) is 2. The Balaban J connectivity index is 1.42. The van der Waals surface area contributed by atoms with Crippen molar-refractivity contribution in [3.05, 3.63) is 59.6 Å². The minimum atomic E-state index is -1.28. The number of halogens is 1. The molecule has 1 fully saturated rings. The van der Waals surface area contributed by atoms with E-state index in [9.17, 15) is 14.4 Å². The summed E-state index contributed by atoms with van der Waals surface area (Å²) >= 11 is 5.85. The summed E-state index contributed by atoms with van der Waals surface area (Å²) in [5.41, 5.74) is -0.561. The van der Waals surface area contributed by atoms with E-state index < -0.39 is 11.6 Å². The molecule has 2 aromatic rings. The van der Waals surface area contributed by atoms with Gasteiger partial charge in [-0.1, -0.05) is 29.8 Å². The van der Waals surface area contributed by atoms with E-state index in [1.54, 1.807) is 47.9 Å². The van der Waals surface area contributed by atoms with Crippen molar-refractivity contribution in [3.8, 4) is 5.75 Å². The fourth-order valence-electron chi connectivity index (χ4n) is 3.11. The fourth-order valence-corrected chi connectivity index (χ4v) is 3.24. The summed E-state index contributed by atoms with van der Waals surface area (Å²) in [6.45, 7) is 4.26. The van der Waals surface area contributed by atoms with E-state index in [-0.39, 0.29) is 18.5 Å². The van der Waals surface area contributed by atoms with Gasteiger partial charge < -0.3 is 24.6 Å². The summed E-state index contributed by atoms with van der Waals surface area (Å²) in [7, 11) is 0. The van der Waals surface area contributed by atoms with E-state index in [0.29, 0.717) is 42.6 Å². The first kappa shape index (κ1) is 23.4. The van der Waals surface area contributed by atoms with Gasteiger partial charge in [0.05, 0.1) is 0 Å². The van der Waals surface area contributed by atoms with Gasteiger partial charge in [0.25, 0.3) is 5.91 Å². The Hall–Kier alpha value is -3.26. The maximum Gasteiger partial charge on any atom is 0.350 e. The molecule has 32 heavy (non-hydrogen) atoms. The van der Waals surface area contributed by atoms with Crippen LogP contribution in [-0.4, -0.2) is 66.1 Å². The highest BCUT2D eigenvalue weighted by Crippen LogP contribution is 2.22. The number of carbonyl (C=O) groups is 3. The zero-order chi connectivity index (χ0) is 23.1. The van der Waals surface area contributed by atoms with Crippen molar-refractivity contribution < 1.29 is 23.9 Å². The standard InChI is InChI=1S/C23H26ClN3O5/c1-23(2,32-19-10-8-17(24)9-11-19)21(29)31-16-20(28)26-12-14-27(15-13-26)22(30)25-18-6-4-3-5-7-18/h3-11H,12-16H2,1-2H3,(H,25,30). The molecular weight excluding hydrogens is 434 g/mol. The average Bonchev–Trinajstić information content (AvgIpc) is 2.79. The highest BCUT2D eigenvalue weighted by molar-refractivity contribution is 6.30. The number of hydrogen-bond donors (Lipinski definition) is 1. The number of hydrogen-bond acceptors (Lipinski definition) is 5. The molecule has 0 atom stereocenters. The number of anilines is 1. The quantitative estimate of drug-likeness (QED) is 0.669. The molecule has 3 rings (SSSR count). The zero-order valence-corrected chi connectivity index (χ0v) is 18.8. The van der Waals surface area contributed by atoms with Crippen molar-refractivity contribution in [3.63, 3.8) is 0 Å². The van der Waals surface area contributed by atoms with Gasteiger partial charge in [-0.25, -0.2) is 9.59 Å². The number of piperazine rings is 1. The van der Waals surface area contributed by atoms with E-state index in [4.69, 9.17) is 21.1 Å². The largest absolute Gasteiger partial charge is 0.476 e. The minimum absolute atomic E-state index is 0.212. The lowest BCUT2D eigenvalue weighted by atomic mass is 10.1. The van der Waals surface area contributed by atoms with Crippen molar-refractivity contribution >= 4 is 35.2 Å². The number of nitrogens with zero attached hydrogens (tertiary/aromatic N) is 2. The number of amides is 3. The highest BCUT2D eigenvalue weighted by Gasteiger charge is 2.33. The number of urea groups is 1. The molecule has 0 radical (unpaired) electrons. The van der Waals surface area contributed by atoms with Crippen LogP contribution in [-0.2, 0) is 14.3 Å². The molecule has 0 aromatic heterocycles. The van der Waals surface area contributed by atoms with Gasteiger partial charge in [0.15, 0.2) is 12.2 Å². The minimum Gasteiger partial charge on any atom is -0.476 e. The summed E-state index contributed by atoms with van der Waals surface area (Å²) in [5, 5.41) is 3.38. The first-order chi connectivity index (χ1) is 15.2. The second-order valence-corrected chi connectivity index (χ2v) is 8.24. The molecule has 1 aliphatic heterocycles. The maximum absolute atomic E-state index is 12.5. The molecule has 1 aliphatic rings. The van der Waals surface area contributed by atoms with Crippen LogP contribution in [0.4, 0.5) is 10.5 Å². The molecular formula is C23H26ClN3O5. The topological polar surface area (TPSA) is 88.2 Å². The number of nitrogens with one attached hydrogen (secondary N) is 1. The van der Waals surface area contributed by atoms with Crippen molar-refractivity contribution in [2.75, 3.05) is 38.1 Å². The fraction of sp³-hybridized carbons (Fsp3) is 0.348. The van der Waals surface area contributed by atoms with Gasteiger partial charge in [-0.15, -0.1) is 0 Å². The Morgan fingerprint density at radius 1 is 0.938 bits per heavy atom. The maximum atomic E-state index is 12.5. The van der Waals surface area contributed by atoms with Crippen molar-refractivity contribution in [2.24, 2.45) is 0 Å². The van der Waals surface area contributed by atoms with Crippen LogP contribution in [0.2, 0.25) is 5.02 Å². The van der Waals surface area contributed by atoms with Crippen LogP contribution in [0.25, 0.3) is 0 Å². The van der Waals surface area contributed by atoms with Crippen LogP contribution in [0.15, 0.2) is 54.6 Å². The Morgan fingerprint density at radius 3 is 2.16 bits per heavy atom. The van der Waals surface area contributed by atoms with Gasteiger partial charge >= 0.3 is 12.0 Å². The molecule has 0 spiro atoms. The summed E-state index contributed by atoms with van der Waals surface area (Å²) in [4.78, 5) is 40.5. The monoisotopic (exact) mass is 459 g/mol. The van der Waals surface area contributed by atoms with Crippen LogP contribution < -0.4 is 10.1 Å². The molecule has 0 saturated carbocycles. The molecule has 1 N–H and O–H groups in total. The lowest BCUT2D eigenvalue weighted by Crippen LogP contribution is -2.52. The van der Waals surface area contributed by atoms with Gasteiger partial charge in [0, 0.05) is 36.9 Å². The van der Waals surface area contributed by atoms with Crippen LogP contribution in [0.5, 0.6) is 5.75 Å². The molecule has 0 aliphatic carbocycles. The third-order valence-corrected chi connectivity index (χ3v) is 5.20. The predicted molar refractivity (Wildman–Crippen MR) is 121 cm³/mol. The summed E-state index contributed by atoms with van der Waals surface area (Å²) in [5.74, 6) is -0.502. The van der Waals surface area contributed by atoms with E-state index in [0.717, 1.165) is 0 Å². The summed E-state index contributed by atoms with van der Waals surface area (Å²) in [6, 6.07) is 15.6. The third kappa shape index (κ3) is 6.37. The molecule has 3 amide bonds. The number of carbonyl (C=O) groups excluding carboxylic acids is 3. The highest BCUT2D eigenvalue weighted by atomic mass is 35.5. The second kappa shape index (κ2) is 10.4. The van der Waals surface area contributed by atoms with Crippen LogP contribution in [0, 0.1) is 0 Å². The van der Waals surface area contributed by atoms with Crippen molar-refractivity contribution in [1.29, 1.82) is 0 Å². The van der Waals surface area contributed by atoms with Gasteiger partial charge in [0.2, 0.25) is 0 Å². The lowest BCUT2D eigenvalue weighted by Gasteiger charge is -2.34. The SMILES string of the molecule is CC(C)(Oc1ccc(Cl)cc1)C(=O)OCC(=O)N1CCN(C(=O)Nc2ccccc2)CC1. The van der Waals surface area contributed by atoms with Crippen molar-refractivity contribution in [2.45, 2.75) is 19.4 Å². The van der Waals surface area contributed by atoms with Gasteiger partial charge in [-0.3, -0.25) is 4.79 Å². The average molecular weight is 460 g/mol. The smallest absolute Gasteiger partial charge is 0.350 e. The molecule has 0 unspecified atom stereocenters. The molecule has 170 valence electrons. The molecule has 1 saturated heterocycles. The molecule has 1 heterocycles. The Bertz CT molecular complexity index is 942. The van der Waals surface area contributed by atoms with E-state index in [2.05, 4.69) is 5.32 Å². The third-order valence-electron chi connectivity index (χ3n) is 4.95. The number of para-hydroxylation sites is 1. The second-order valence-electron chi connectivity index (χ2n) is 7.81. The zero-order valence-electron chi connectivity index (χ0n) is 18.0. The molecule has 8 nitrogen and oxygen atoms in total. The number of esters is 1. The first-order valence-corrected chi connectivity index (χ1v) is 10.6. The summed E-state index contributed by atoms with van der Waals surface area (Å²) in [6.07, 6.45) is 0. The Morgan fingerprint density at radius 2 is 1.53 bits per heavy atom. The van der Waals surface area contributed by atoms with Gasteiger partial charge in [-0.05, 0) is 50.2 Å². The normalized spacial score (nSPS) is 14.0. The van der Waals surface area contributed by atoms with Gasteiger partial charge in [-0.2, -0.15) is 0 Å². The molecule has 9 heteroatoms. The number of benzene rings is 2. The number of rotatable bonds is 6. The van der Waals surface area contributed by atoms with Gasteiger partial charge in [0.1, 0.15) is 5.75 Å². The first-order valence-electron chi connectivity index (χ1n) is 10.3. The summed E-state index contributed by atoms with van der Waals surface area (Å²) < 4.78 is 10.9. The lowest BCUT2D eigenvalue weighted by molar-refractivity contribution is -0.164. The van der Waals surface area contributed by atoms with E-state index in [1.807, 2.05) is 30.3 Å². The Kier molecular flexibility index (Phi) is 7.58. The van der Waals surface area contributed by atoms with Crippen molar-refractivity contribution in [1.82, 2.24) is 9.80 Å². The van der Waals surface area contributed by atoms with E-state index in [1.165, 1.54) is 0 Å². The van der Waals surface area contributed by atoms with Crippen LogP contribution >= 0.6 is 11.6 Å². The molecule has 2 aromatic carbocycles. The van der Waals surface area contributed by atoms with Crippen LogP contribution in [0.1, 0.15) is 13.8 Å². The molecule has 0 bridgehead atoms. The Labute approximate surface area is 192 Å².